The summed E-state index contributed by atoms with van der Waals surface area (Å²) in [4.78, 5) is 11.8. The van der Waals surface area contributed by atoms with Crippen LogP contribution in [0.15, 0.2) is 35.3 Å². The minimum atomic E-state index is 0.170. The van der Waals surface area contributed by atoms with E-state index in [1.807, 2.05) is 6.08 Å². The molecular weight excluding hydrogens is 290 g/mol. The van der Waals surface area contributed by atoms with Crippen molar-refractivity contribution in [3.63, 3.8) is 0 Å². The number of amides is 1. The van der Waals surface area contributed by atoms with Crippen LogP contribution in [-0.4, -0.2) is 25.7 Å². The standard InChI is InChI=1S/C19H29NO3/c1-2-3-4-5-6-10-19(21)20-12-11-16-8-7-9-17-18(15-16)23-14-13-22-17/h7,9,15H,2-6,8,10-14H2,1H3,(H,20,21). The molecule has 1 N–H and O–H groups in total. The summed E-state index contributed by atoms with van der Waals surface area (Å²) in [5, 5.41) is 3.02. The topological polar surface area (TPSA) is 47.6 Å². The molecule has 2 rings (SSSR count). The number of unbranched alkanes of at least 4 members (excludes halogenated alkanes) is 4. The summed E-state index contributed by atoms with van der Waals surface area (Å²) in [7, 11) is 0. The summed E-state index contributed by atoms with van der Waals surface area (Å²) in [6.45, 7) is 4.11. The van der Waals surface area contributed by atoms with Crippen molar-refractivity contribution in [2.24, 2.45) is 0 Å². The molecule has 128 valence electrons. The second-order valence-corrected chi connectivity index (χ2v) is 6.10. The Labute approximate surface area is 139 Å². The van der Waals surface area contributed by atoms with Crippen LogP contribution in [0.3, 0.4) is 0 Å². The summed E-state index contributed by atoms with van der Waals surface area (Å²) in [5.74, 6) is 1.81. The maximum Gasteiger partial charge on any atom is 0.220 e. The number of hydrogen-bond acceptors (Lipinski definition) is 3. The maximum absolute atomic E-state index is 11.8. The molecule has 1 heterocycles. The third-order valence-corrected chi connectivity index (χ3v) is 4.10. The third kappa shape index (κ3) is 6.51. The SMILES string of the molecule is CCCCCCCC(=O)NCCC1=CC2=C(C=CC1)OCCO2. The van der Waals surface area contributed by atoms with Crippen LogP contribution in [0.5, 0.6) is 0 Å². The fraction of sp³-hybridized carbons (Fsp3) is 0.632. The fourth-order valence-electron chi connectivity index (χ4n) is 2.76. The quantitative estimate of drug-likeness (QED) is 0.654. The molecule has 4 nitrogen and oxygen atoms in total. The third-order valence-electron chi connectivity index (χ3n) is 4.10. The first-order valence-corrected chi connectivity index (χ1v) is 8.92. The molecule has 0 saturated carbocycles. The highest BCUT2D eigenvalue weighted by atomic mass is 16.6. The van der Waals surface area contributed by atoms with Gasteiger partial charge in [-0.2, -0.15) is 0 Å². The van der Waals surface area contributed by atoms with Crippen LogP contribution >= 0.6 is 0 Å². The van der Waals surface area contributed by atoms with E-state index in [2.05, 4.69) is 24.4 Å². The predicted molar refractivity (Wildman–Crippen MR) is 91.8 cm³/mol. The Bertz CT molecular complexity index is 477. The lowest BCUT2D eigenvalue weighted by Gasteiger charge is -2.18. The van der Waals surface area contributed by atoms with Gasteiger partial charge in [0.05, 0.1) is 0 Å². The van der Waals surface area contributed by atoms with E-state index in [-0.39, 0.29) is 5.91 Å². The van der Waals surface area contributed by atoms with Gasteiger partial charge in [-0.3, -0.25) is 4.79 Å². The fourth-order valence-corrected chi connectivity index (χ4v) is 2.76. The Balaban J connectivity index is 1.66. The Hall–Kier alpha value is -1.71. The highest BCUT2D eigenvalue weighted by Gasteiger charge is 2.14. The Kier molecular flexibility index (Phi) is 7.78. The summed E-state index contributed by atoms with van der Waals surface area (Å²) >= 11 is 0. The van der Waals surface area contributed by atoms with Crippen LogP contribution in [-0.2, 0) is 14.3 Å². The molecular formula is C19H29NO3. The van der Waals surface area contributed by atoms with Crippen LogP contribution in [0, 0.1) is 0 Å². The molecule has 0 saturated heterocycles. The minimum absolute atomic E-state index is 0.170. The van der Waals surface area contributed by atoms with E-state index >= 15 is 0 Å². The minimum Gasteiger partial charge on any atom is -0.486 e. The normalized spacial score (nSPS) is 16.8. The van der Waals surface area contributed by atoms with Gasteiger partial charge in [-0.05, 0) is 31.4 Å². The summed E-state index contributed by atoms with van der Waals surface area (Å²) in [6.07, 6.45) is 14.4. The van der Waals surface area contributed by atoms with Crippen molar-refractivity contribution in [2.75, 3.05) is 19.8 Å². The van der Waals surface area contributed by atoms with Gasteiger partial charge in [0, 0.05) is 13.0 Å². The molecule has 0 radical (unpaired) electrons. The Morgan fingerprint density at radius 3 is 2.74 bits per heavy atom. The van der Waals surface area contributed by atoms with Crippen LogP contribution in [0.4, 0.5) is 0 Å². The monoisotopic (exact) mass is 319 g/mol. The lowest BCUT2D eigenvalue weighted by atomic mass is 10.1. The molecule has 0 fully saturated rings. The zero-order valence-corrected chi connectivity index (χ0v) is 14.2. The number of nitrogens with one attached hydrogen (secondary N) is 1. The average Bonchev–Trinajstić information content (AvgIpc) is 2.76. The first-order valence-electron chi connectivity index (χ1n) is 8.92. The van der Waals surface area contributed by atoms with Crippen molar-refractivity contribution in [1.29, 1.82) is 0 Å². The lowest BCUT2D eigenvalue weighted by Crippen LogP contribution is -2.24. The highest BCUT2D eigenvalue weighted by Crippen LogP contribution is 2.23. The molecule has 1 aliphatic heterocycles. The summed E-state index contributed by atoms with van der Waals surface area (Å²) in [5.41, 5.74) is 1.26. The van der Waals surface area contributed by atoms with Crippen LogP contribution in [0.2, 0.25) is 0 Å². The van der Waals surface area contributed by atoms with Gasteiger partial charge in [-0.1, -0.05) is 44.3 Å². The van der Waals surface area contributed by atoms with E-state index in [9.17, 15) is 4.79 Å². The number of allylic oxidation sites excluding steroid dienone is 3. The van der Waals surface area contributed by atoms with Gasteiger partial charge in [0.1, 0.15) is 13.2 Å². The van der Waals surface area contributed by atoms with Crippen molar-refractivity contribution in [3.8, 4) is 0 Å². The maximum atomic E-state index is 11.8. The second kappa shape index (κ2) is 10.1. The molecule has 0 aromatic rings. The first kappa shape index (κ1) is 17.6. The first-order chi connectivity index (χ1) is 11.3. The van der Waals surface area contributed by atoms with E-state index in [0.717, 1.165) is 37.2 Å². The average molecular weight is 319 g/mol. The van der Waals surface area contributed by atoms with Crippen molar-refractivity contribution in [3.05, 3.63) is 35.3 Å². The van der Waals surface area contributed by atoms with E-state index < -0.39 is 0 Å². The lowest BCUT2D eigenvalue weighted by molar-refractivity contribution is -0.121. The summed E-state index contributed by atoms with van der Waals surface area (Å²) < 4.78 is 11.2. The van der Waals surface area contributed by atoms with Crippen molar-refractivity contribution in [2.45, 2.75) is 58.3 Å². The molecule has 0 aromatic heterocycles. The molecule has 1 amide bonds. The van der Waals surface area contributed by atoms with E-state index in [4.69, 9.17) is 9.47 Å². The zero-order valence-electron chi connectivity index (χ0n) is 14.2. The Morgan fingerprint density at radius 2 is 1.91 bits per heavy atom. The molecule has 0 spiro atoms. The molecule has 4 heteroatoms. The van der Waals surface area contributed by atoms with Gasteiger partial charge in [0.2, 0.25) is 5.91 Å². The van der Waals surface area contributed by atoms with Crippen LogP contribution in [0.25, 0.3) is 0 Å². The number of carbonyl (C=O) groups is 1. The van der Waals surface area contributed by atoms with Crippen LogP contribution < -0.4 is 5.32 Å². The van der Waals surface area contributed by atoms with Gasteiger partial charge in [-0.15, -0.1) is 0 Å². The molecule has 1 aliphatic carbocycles. The predicted octanol–water partition coefficient (Wildman–Crippen LogP) is 4.00. The van der Waals surface area contributed by atoms with E-state index in [0.29, 0.717) is 26.2 Å². The highest BCUT2D eigenvalue weighted by molar-refractivity contribution is 5.75. The van der Waals surface area contributed by atoms with Crippen molar-refractivity contribution < 1.29 is 14.3 Å². The number of carbonyl (C=O) groups excluding carboxylic acids is 1. The van der Waals surface area contributed by atoms with E-state index in [1.54, 1.807) is 0 Å². The van der Waals surface area contributed by atoms with Gasteiger partial charge < -0.3 is 14.8 Å². The number of ether oxygens (including phenoxy) is 2. The zero-order chi connectivity index (χ0) is 16.3. The number of hydrogen-bond donors (Lipinski definition) is 1. The van der Waals surface area contributed by atoms with Gasteiger partial charge >= 0.3 is 0 Å². The van der Waals surface area contributed by atoms with Gasteiger partial charge in [0.15, 0.2) is 11.5 Å². The largest absolute Gasteiger partial charge is 0.486 e. The van der Waals surface area contributed by atoms with Crippen molar-refractivity contribution >= 4 is 5.91 Å². The second-order valence-electron chi connectivity index (χ2n) is 6.10. The molecule has 0 unspecified atom stereocenters. The van der Waals surface area contributed by atoms with Gasteiger partial charge in [-0.25, -0.2) is 0 Å². The van der Waals surface area contributed by atoms with Crippen LogP contribution in [0.1, 0.15) is 58.3 Å². The number of rotatable bonds is 9. The van der Waals surface area contributed by atoms with Crippen molar-refractivity contribution in [1.82, 2.24) is 5.32 Å². The molecule has 23 heavy (non-hydrogen) atoms. The summed E-state index contributed by atoms with van der Waals surface area (Å²) in [6, 6.07) is 0. The molecule has 0 atom stereocenters. The molecule has 0 bridgehead atoms. The smallest absolute Gasteiger partial charge is 0.220 e. The molecule has 2 aliphatic rings. The Morgan fingerprint density at radius 1 is 1.13 bits per heavy atom. The molecule has 0 aromatic carbocycles. The van der Waals surface area contributed by atoms with Gasteiger partial charge in [0.25, 0.3) is 0 Å². The van der Waals surface area contributed by atoms with E-state index in [1.165, 1.54) is 24.8 Å².